The first-order valence-corrected chi connectivity index (χ1v) is 7.07. The Balaban J connectivity index is 2.09. The Kier molecular flexibility index (Phi) is 4.78. The Morgan fingerprint density at radius 3 is 2.94 bits per heavy atom. The van der Waals surface area contributed by atoms with Gasteiger partial charge in [-0.25, -0.2) is 0 Å². The topological polar surface area (TPSA) is 39.1 Å². The molecule has 0 amide bonds. The summed E-state index contributed by atoms with van der Waals surface area (Å²) in [4.78, 5) is 0. The highest BCUT2D eigenvalue weighted by molar-refractivity contribution is 5.24. The number of nitrogens with one attached hydrogen (secondary N) is 1. The Morgan fingerprint density at radius 2 is 2.28 bits per heavy atom. The van der Waals surface area contributed by atoms with Gasteiger partial charge in [0.1, 0.15) is 0 Å². The molecule has 1 saturated heterocycles. The summed E-state index contributed by atoms with van der Waals surface area (Å²) in [6.45, 7) is 10.2. The number of aryl methyl sites for hydroxylation is 1. The van der Waals surface area contributed by atoms with Crippen molar-refractivity contribution in [3.05, 3.63) is 17.0 Å². The zero-order valence-electron chi connectivity index (χ0n) is 11.8. The molecule has 1 aromatic heterocycles. The van der Waals surface area contributed by atoms with Gasteiger partial charge in [-0.3, -0.25) is 4.68 Å². The van der Waals surface area contributed by atoms with E-state index in [0.29, 0.717) is 6.04 Å². The van der Waals surface area contributed by atoms with Crippen LogP contribution in [-0.2, 0) is 11.3 Å². The van der Waals surface area contributed by atoms with Crippen molar-refractivity contribution in [2.45, 2.75) is 52.6 Å². The summed E-state index contributed by atoms with van der Waals surface area (Å²) in [6.07, 6.45) is 3.50. The van der Waals surface area contributed by atoms with Gasteiger partial charge in [-0.05, 0) is 39.7 Å². The zero-order chi connectivity index (χ0) is 13.0. The SMILES string of the molecule is CCCNCc1c(C)nn(C2CCCOC2)c1C. The van der Waals surface area contributed by atoms with Crippen LogP contribution in [0.25, 0.3) is 0 Å². The standard InChI is InChI=1S/C14H25N3O/c1-4-7-15-9-14-11(2)16-17(12(14)3)13-6-5-8-18-10-13/h13,15H,4-10H2,1-3H3. The summed E-state index contributed by atoms with van der Waals surface area (Å²) >= 11 is 0. The van der Waals surface area contributed by atoms with Crippen LogP contribution in [0, 0.1) is 13.8 Å². The maximum atomic E-state index is 5.56. The maximum Gasteiger partial charge on any atom is 0.0756 e. The first kappa shape index (κ1) is 13.6. The lowest BCUT2D eigenvalue weighted by Crippen LogP contribution is -2.23. The molecule has 0 aliphatic carbocycles. The molecule has 2 heterocycles. The average Bonchev–Trinajstić information content (AvgIpc) is 2.68. The van der Waals surface area contributed by atoms with Crippen LogP contribution in [0.5, 0.6) is 0 Å². The minimum atomic E-state index is 0.428. The van der Waals surface area contributed by atoms with Gasteiger partial charge in [0.05, 0.1) is 18.3 Å². The lowest BCUT2D eigenvalue weighted by molar-refractivity contribution is 0.0541. The van der Waals surface area contributed by atoms with E-state index in [9.17, 15) is 0 Å². The number of aromatic nitrogens is 2. The van der Waals surface area contributed by atoms with E-state index in [0.717, 1.165) is 38.4 Å². The van der Waals surface area contributed by atoms with Gasteiger partial charge in [0.2, 0.25) is 0 Å². The molecule has 1 aromatic rings. The molecular formula is C14H25N3O. The lowest BCUT2D eigenvalue weighted by atomic mass is 10.1. The molecule has 0 radical (unpaired) electrons. The number of nitrogens with zero attached hydrogens (tertiary/aromatic N) is 2. The summed E-state index contributed by atoms with van der Waals surface area (Å²) in [5.41, 5.74) is 3.81. The van der Waals surface area contributed by atoms with E-state index in [1.165, 1.54) is 24.1 Å². The van der Waals surface area contributed by atoms with E-state index < -0.39 is 0 Å². The van der Waals surface area contributed by atoms with Gasteiger partial charge in [0.25, 0.3) is 0 Å². The third-order valence-corrected chi connectivity index (χ3v) is 3.69. The first-order valence-electron chi connectivity index (χ1n) is 7.07. The van der Waals surface area contributed by atoms with E-state index in [1.807, 2.05) is 0 Å². The fourth-order valence-electron chi connectivity index (χ4n) is 2.62. The Bertz CT molecular complexity index is 381. The summed E-state index contributed by atoms with van der Waals surface area (Å²) < 4.78 is 7.74. The highest BCUT2D eigenvalue weighted by Crippen LogP contribution is 2.23. The molecule has 1 aliphatic heterocycles. The molecule has 1 fully saturated rings. The zero-order valence-corrected chi connectivity index (χ0v) is 11.8. The number of hydrogen-bond donors (Lipinski definition) is 1. The van der Waals surface area contributed by atoms with Crippen LogP contribution in [-0.4, -0.2) is 29.5 Å². The van der Waals surface area contributed by atoms with Crippen LogP contribution in [0.4, 0.5) is 0 Å². The largest absolute Gasteiger partial charge is 0.379 e. The van der Waals surface area contributed by atoms with Crippen LogP contribution in [0.15, 0.2) is 0 Å². The van der Waals surface area contributed by atoms with Crippen molar-refractivity contribution in [1.29, 1.82) is 0 Å². The van der Waals surface area contributed by atoms with E-state index in [1.54, 1.807) is 0 Å². The van der Waals surface area contributed by atoms with Crippen molar-refractivity contribution >= 4 is 0 Å². The minimum Gasteiger partial charge on any atom is -0.379 e. The van der Waals surface area contributed by atoms with Crippen LogP contribution in [0.2, 0.25) is 0 Å². The molecular weight excluding hydrogens is 226 g/mol. The van der Waals surface area contributed by atoms with E-state index in [4.69, 9.17) is 9.84 Å². The van der Waals surface area contributed by atoms with Crippen LogP contribution >= 0.6 is 0 Å². The van der Waals surface area contributed by atoms with Gasteiger partial charge in [-0.15, -0.1) is 0 Å². The molecule has 102 valence electrons. The molecule has 2 rings (SSSR count). The number of rotatable bonds is 5. The quantitative estimate of drug-likeness (QED) is 0.817. The van der Waals surface area contributed by atoms with Crippen LogP contribution < -0.4 is 5.32 Å². The van der Waals surface area contributed by atoms with Crippen molar-refractivity contribution < 1.29 is 4.74 Å². The van der Waals surface area contributed by atoms with Crippen LogP contribution in [0.3, 0.4) is 0 Å². The van der Waals surface area contributed by atoms with Crippen molar-refractivity contribution in [2.75, 3.05) is 19.8 Å². The number of ether oxygens (including phenoxy) is 1. The molecule has 0 spiro atoms. The molecule has 1 atom stereocenters. The highest BCUT2D eigenvalue weighted by atomic mass is 16.5. The van der Waals surface area contributed by atoms with Crippen LogP contribution in [0.1, 0.15) is 49.2 Å². The second-order valence-electron chi connectivity index (χ2n) is 5.14. The molecule has 1 unspecified atom stereocenters. The Hall–Kier alpha value is -0.870. The van der Waals surface area contributed by atoms with Crippen molar-refractivity contribution in [3.8, 4) is 0 Å². The third-order valence-electron chi connectivity index (χ3n) is 3.69. The van der Waals surface area contributed by atoms with Gasteiger partial charge >= 0.3 is 0 Å². The molecule has 4 nitrogen and oxygen atoms in total. The molecule has 0 aromatic carbocycles. The molecule has 1 aliphatic rings. The average molecular weight is 251 g/mol. The summed E-state index contributed by atoms with van der Waals surface area (Å²) in [7, 11) is 0. The van der Waals surface area contributed by atoms with Crippen molar-refractivity contribution in [2.24, 2.45) is 0 Å². The Labute approximate surface area is 110 Å². The number of hydrogen-bond acceptors (Lipinski definition) is 3. The van der Waals surface area contributed by atoms with E-state index in [2.05, 4.69) is 30.8 Å². The summed E-state index contributed by atoms with van der Waals surface area (Å²) in [5, 5.41) is 8.17. The fourth-order valence-corrected chi connectivity index (χ4v) is 2.62. The predicted octanol–water partition coefficient (Wildman–Crippen LogP) is 2.35. The lowest BCUT2D eigenvalue weighted by Gasteiger charge is -2.23. The van der Waals surface area contributed by atoms with Gasteiger partial charge in [-0.1, -0.05) is 6.92 Å². The molecule has 0 bridgehead atoms. The smallest absolute Gasteiger partial charge is 0.0756 e. The van der Waals surface area contributed by atoms with Crippen molar-refractivity contribution in [3.63, 3.8) is 0 Å². The minimum absolute atomic E-state index is 0.428. The van der Waals surface area contributed by atoms with E-state index in [-0.39, 0.29) is 0 Å². The molecule has 1 N–H and O–H groups in total. The van der Waals surface area contributed by atoms with E-state index >= 15 is 0 Å². The second-order valence-corrected chi connectivity index (χ2v) is 5.14. The predicted molar refractivity (Wildman–Crippen MR) is 72.8 cm³/mol. The summed E-state index contributed by atoms with van der Waals surface area (Å²) in [6, 6.07) is 0.428. The first-order chi connectivity index (χ1) is 8.74. The van der Waals surface area contributed by atoms with Gasteiger partial charge < -0.3 is 10.1 Å². The normalized spacial score (nSPS) is 20.3. The summed E-state index contributed by atoms with van der Waals surface area (Å²) in [5.74, 6) is 0. The molecule has 0 saturated carbocycles. The highest BCUT2D eigenvalue weighted by Gasteiger charge is 2.21. The second kappa shape index (κ2) is 6.34. The fraction of sp³-hybridized carbons (Fsp3) is 0.786. The van der Waals surface area contributed by atoms with Gasteiger partial charge in [-0.2, -0.15) is 5.10 Å². The van der Waals surface area contributed by atoms with Gasteiger partial charge in [0.15, 0.2) is 0 Å². The molecule has 4 heteroatoms. The maximum absolute atomic E-state index is 5.56. The monoisotopic (exact) mass is 251 g/mol. The van der Waals surface area contributed by atoms with Gasteiger partial charge in [0, 0.05) is 24.4 Å². The molecule has 18 heavy (non-hydrogen) atoms. The van der Waals surface area contributed by atoms with Crippen molar-refractivity contribution in [1.82, 2.24) is 15.1 Å². The third kappa shape index (κ3) is 2.93. The Morgan fingerprint density at radius 1 is 1.44 bits per heavy atom.